The highest BCUT2D eigenvalue weighted by molar-refractivity contribution is 6.35. The van der Waals surface area contributed by atoms with E-state index in [1.807, 2.05) is 0 Å². The average Bonchev–Trinajstić information content (AvgIpc) is 3.12. The van der Waals surface area contributed by atoms with Crippen molar-refractivity contribution >= 4 is 24.0 Å². The van der Waals surface area contributed by atoms with Crippen LogP contribution in [-0.2, 0) is 19.1 Å². The zero-order chi connectivity index (χ0) is 18.1. The van der Waals surface area contributed by atoms with Crippen molar-refractivity contribution in [2.45, 2.75) is 18.9 Å². The topological polar surface area (TPSA) is 126 Å². The van der Waals surface area contributed by atoms with Gasteiger partial charge >= 0.3 is 17.8 Å². The molecule has 9 heteroatoms. The molecule has 25 heavy (non-hydrogen) atoms. The minimum atomic E-state index is -1.11. The molecule has 2 amide bonds. The first-order valence-electron chi connectivity index (χ1n) is 7.72. The number of carboxylic acids is 1. The standard InChI is InChI=1S/C16H19N3O6/c20-14(21)10-25-13-6-2-1-4-11(13)8-18-19-16(23)15(22)17-9-12-5-3-7-24-12/h1-2,4,6,8,12H,3,5,7,9-10H2,(H,17,22)(H,19,23)(H,20,21)/b18-8-/t12-/m1/s1. The van der Waals surface area contributed by atoms with E-state index < -0.39 is 24.4 Å². The molecule has 3 N–H and O–H groups in total. The maximum absolute atomic E-state index is 11.7. The van der Waals surface area contributed by atoms with Crippen LogP contribution in [0.1, 0.15) is 18.4 Å². The number of hydrogen-bond acceptors (Lipinski definition) is 6. The molecule has 1 aliphatic heterocycles. The van der Waals surface area contributed by atoms with Crippen molar-refractivity contribution in [3.63, 3.8) is 0 Å². The van der Waals surface area contributed by atoms with Gasteiger partial charge in [-0.05, 0) is 25.0 Å². The van der Waals surface area contributed by atoms with Crippen molar-refractivity contribution in [2.24, 2.45) is 5.10 Å². The Kier molecular flexibility index (Phi) is 6.90. The smallest absolute Gasteiger partial charge is 0.341 e. The van der Waals surface area contributed by atoms with Crippen LogP contribution < -0.4 is 15.5 Å². The predicted octanol–water partition coefficient (Wildman–Crippen LogP) is -0.105. The number of carbonyl (C=O) groups is 3. The molecule has 1 aliphatic rings. The minimum absolute atomic E-state index is 0.0569. The molecule has 9 nitrogen and oxygen atoms in total. The molecule has 1 atom stereocenters. The van der Waals surface area contributed by atoms with Crippen LogP contribution in [0.25, 0.3) is 0 Å². The Bertz CT molecular complexity index is 655. The van der Waals surface area contributed by atoms with Gasteiger partial charge < -0.3 is 19.9 Å². The van der Waals surface area contributed by atoms with Crippen LogP contribution in [0.5, 0.6) is 5.75 Å². The van der Waals surface area contributed by atoms with Gasteiger partial charge in [0.15, 0.2) is 6.61 Å². The Balaban J connectivity index is 1.82. The summed E-state index contributed by atoms with van der Waals surface area (Å²) in [5.74, 6) is -2.52. The second-order valence-electron chi connectivity index (χ2n) is 5.26. The van der Waals surface area contributed by atoms with Gasteiger partial charge in [0.1, 0.15) is 5.75 Å². The number of carboxylic acid groups (broad SMARTS) is 1. The fraction of sp³-hybridized carbons (Fsp3) is 0.375. The number of benzene rings is 1. The molecular formula is C16H19N3O6. The van der Waals surface area contributed by atoms with E-state index >= 15 is 0 Å². The number of aliphatic carboxylic acids is 1. The SMILES string of the molecule is O=C(O)COc1ccccc1/C=N\NC(=O)C(=O)NC[C@H]1CCCO1. The largest absolute Gasteiger partial charge is 0.481 e. The molecule has 1 saturated heterocycles. The zero-order valence-corrected chi connectivity index (χ0v) is 13.4. The Morgan fingerprint density at radius 2 is 2.12 bits per heavy atom. The maximum atomic E-state index is 11.7. The third-order valence-corrected chi connectivity index (χ3v) is 3.36. The number of amides is 2. The zero-order valence-electron chi connectivity index (χ0n) is 13.4. The number of carbonyl (C=O) groups excluding carboxylic acids is 2. The highest BCUT2D eigenvalue weighted by Gasteiger charge is 2.18. The van der Waals surface area contributed by atoms with Crippen molar-refractivity contribution in [1.82, 2.24) is 10.7 Å². The van der Waals surface area contributed by atoms with E-state index in [9.17, 15) is 14.4 Å². The van der Waals surface area contributed by atoms with Crippen LogP contribution in [0.15, 0.2) is 29.4 Å². The molecule has 2 rings (SSSR count). The highest BCUT2D eigenvalue weighted by Crippen LogP contribution is 2.15. The van der Waals surface area contributed by atoms with Crippen LogP contribution >= 0.6 is 0 Å². The Morgan fingerprint density at radius 3 is 2.84 bits per heavy atom. The van der Waals surface area contributed by atoms with Gasteiger partial charge in [-0.3, -0.25) is 9.59 Å². The Morgan fingerprint density at radius 1 is 1.32 bits per heavy atom. The van der Waals surface area contributed by atoms with Crippen molar-refractivity contribution < 1.29 is 29.0 Å². The summed E-state index contributed by atoms with van der Waals surface area (Å²) in [6.45, 7) is 0.449. The van der Waals surface area contributed by atoms with Crippen LogP contribution in [0.3, 0.4) is 0 Å². The molecule has 1 fully saturated rings. The van der Waals surface area contributed by atoms with Crippen molar-refractivity contribution in [1.29, 1.82) is 0 Å². The lowest BCUT2D eigenvalue weighted by molar-refractivity contribution is -0.139. The summed E-state index contributed by atoms with van der Waals surface area (Å²) >= 11 is 0. The second-order valence-corrected chi connectivity index (χ2v) is 5.26. The van der Waals surface area contributed by atoms with E-state index in [0.29, 0.717) is 17.9 Å². The molecule has 0 unspecified atom stereocenters. The monoisotopic (exact) mass is 349 g/mol. The molecule has 1 aromatic rings. The fourth-order valence-corrected chi connectivity index (χ4v) is 2.16. The number of para-hydroxylation sites is 1. The normalized spacial score (nSPS) is 16.6. The summed E-state index contributed by atoms with van der Waals surface area (Å²) < 4.78 is 10.4. The lowest BCUT2D eigenvalue weighted by atomic mass is 10.2. The molecule has 0 aromatic heterocycles. The number of nitrogens with zero attached hydrogens (tertiary/aromatic N) is 1. The van der Waals surface area contributed by atoms with E-state index in [-0.39, 0.29) is 12.6 Å². The molecular weight excluding hydrogens is 330 g/mol. The van der Waals surface area contributed by atoms with Gasteiger partial charge in [0, 0.05) is 18.7 Å². The summed E-state index contributed by atoms with van der Waals surface area (Å²) in [6, 6.07) is 6.57. The molecule has 0 radical (unpaired) electrons. The van der Waals surface area contributed by atoms with E-state index in [4.69, 9.17) is 14.6 Å². The highest BCUT2D eigenvalue weighted by atomic mass is 16.5. The van der Waals surface area contributed by atoms with Gasteiger partial charge in [-0.1, -0.05) is 12.1 Å². The van der Waals surface area contributed by atoms with E-state index in [1.165, 1.54) is 6.21 Å². The first-order valence-corrected chi connectivity index (χ1v) is 7.72. The van der Waals surface area contributed by atoms with E-state index in [0.717, 1.165) is 12.8 Å². The van der Waals surface area contributed by atoms with Gasteiger partial charge in [-0.2, -0.15) is 5.10 Å². The Hall–Kier alpha value is -2.94. The summed E-state index contributed by atoms with van der Waals surface area (Å²) in [6.07, 6.45) is 3.01. The summed E-state index contributed by atoms with van der Waals surface area (Å²) in [5.41, 5.74) is 2.57. The van der Waals surface area contributed by atoms with Crippen LogP contribution in [-0.4, -0.2) is 55.0 Å². The third kappa shape index (κ3) is 6.22. The van der Waals surface area contributed by atoms with Crippen LogP contribution in [0.4, 0.5) is 0 Å². The Labute approximate surface area is 144 Å². The van der Waals surface area contributed by atoms with Crippen LogP contribution in [0.2, 0.25) is 0 Å². The lowest BCUT2D eigenvalue weighted by Gasteiger charge is -2.09. The lowest BCUT2D eigenvalue weighted by Crippen LogP contribution is -2.41. The third-order valence-electron chi connectivity index (χ3n) is 3.36. The van der Waals surface area contributed by atoms with Crippen molar-refractivity contribution in [2.75, 3.05) is 19.8 Å². The van der Waals surface area contributed by atoms with Gasteiger partial charge in [-0.25, -0.2) is 10.2 Å². The number of rotatable bonds is 7. The van der Waals surface area contributed by atoms with Gasteiger partial charge in [0.2, 0.25) is 0 Å². The number of nitrogens with one attached hydrogen (secondary N) is 2. The molecule has 0 saturated carbocycles. The quantitative estimate of drug-likeness (QED) is 0.358. The van der Waals surface area contributed by atoms with Crippen LogP contribution in [0, 0.1) is 0 Å². The average molecular weight is 349 g/mol. The number of ether oxygens (including phenoxy) is 2. The van der Waals surface area contributed by atoms with Gasteiger partial charge in [-0.15, -0.1) is 0 Å². The summed E-state index contributed by atoms with van der Waals surface area (Å²) in [5, 5.41) is 14.8. The van der Waals surface area contributed by atoms with E-state index in [2.05, 4.69) is 15.8 Å². The molecule has 1 heterocycles. The molecule has 0 bridgehead atoms. The first kappa shape index (κ1) is 18.4. The molecule has 0 aliphatic carbocycles. The predicted molar refractivity (Wildman–Crippen MR) is 87.3 cm³/mol. The molecule has 134 valence electrons. The number of hydrogen-bond donors (Lipinski definition) is 3. The molecule has 0 spiro atoms. The van der Waals surface area contributed by atoms with Gasteiger partial charge in [0.05, 0.1) is 12.3 Å². The second kappa shape index (κ2) is 9.38. The first-order chi connectivity index (χ1) is 12.1. The number of hydrazone groups is 1. The molecule has 1 aromatic carbocycles. The fourth-order valence-electron chi connectivity index (χ4n) is 2.16. The maximum Gasteiger partial charge on any atom is 0.341 e. The summed E-state index contributed by atoms with van der Waals surface area (Å²) in [7, 11) is 0. The van der Waals surface area contributed by atoms with Crippen molar-refractivity contribution in [3.8, 4) is 5.75 Å². The van der Waals surface area contributed by atoms with Crippen molar-refractivity contribution in [3.05, 3.63) is 29.8 Å². The van der Waals surface area contributed by atoms with E-state index in [1.54, 1.807) is 24.3 Å². The summed E-state index contributed by atoms with van der Waals surface area (Å²) in [4.78, 5) is 33.8. The minimum Gasteiger partial charge on any atom is -0.481 e. The van der Waals surface area contributed by atoms with Gasteiger partial charge in [0.25, 0.3) is 0 Å².